The molecule has 0 bridgehead atoms. The van der Waals surface area contributed by atoms with E-state index >= 15 is 0 Å². The van der Waals surface area contributed by atoms with Gasteiger partial charge in [-0.3, -0.25) is 14.4 Å². The number of esters is 2. The van der Waals surface area contributed by atoms with Crippen molar-refractivity contribution in [1.29, 1.82) is 0 Å². The van der Waals surface area contributed by atoms with Crippen LogP contribution in [-0.2, 0) is 23.9 Å². The lowest BCUT2D eigenvalue weighted by atomic mass is 9.89. The van der Waals surface area contributed by atoms with E-state index in [-0.39, 0.29) is 5.91 Å². The summed E-state index contributed by atoms with van der Waals surface area (Å²) in [6.45, 7) is 2.24. The molecule has 1 aliphatic rings. The predicted octanol–water partition coefficient (Wildman–Crippen LogP) is -0.0169. The minimum atomic E-state index is -1.03. The molecule has 0 saturated carbocycles. The van der Waals surface area contributed by atoms with E-state index in [0.717, 1.165) is 0 Å². The molecule has 0 N–H and O–H groups in total. The molecule has 0 aromatic heterocycles. The summed E-state index contributed by atoms with van der Waals surface area (Å²) in [6, 6.07) is 0. The minimum Gasteiger partial charge on any atom is -0.468 e. The maximum absolute atomic E-state index is 11.6. The van der Waals surface area contributed by atoms with Gasteiger partial charge in [-0.15, -0.1) is 0 Å². The summed E-state index contributed by atoms with van der Waals surface area (Å²) in [5, 5.41) is 0. The highest BCUT2D eigenvalue weighted by Gasteiger charge is 2.37. The Morgan fingerprint density at radius 2 is 1.78 bits per heavy atom. The number of carbonyl (C=O) groups is 3. The van der Waals surface area contributed by atoms with Crippen molar-refractivity contribution in [2.75, 3.05) is 27.3 Å². The van der Waals surface area contributed by atoms with Crippen LogP contribution >= 0.6 is 0 Å². The third-order valence-electron chi connectivity index (χ3n) is 2.92. The first-order valence-corrected chi connectivity index (χ1v) is 5.59. The molecule has 0 spiro atoms. The second-order valence-corrected chi connectivity index (χ2v) is 4.04. The van der Waals surface area contributed by atoms with Gasteiger partial charge in [-0.2, -0.15) is 0 Å². The lowest BCUT2D eigenvalue weighted by molar-refractivity contribution is -0.161. The molecule has 6 heteroatoms. The van der Waals surface area contributed by atoms with E-state index in [1.54, 1.807) is 17.1 Å². The Morgan fingerprint density at radius 1 is 1.22 bits per heavy atom. The molecule has 100 valence electrons. The number of amides is 1. The maximum Gasteiger partial charge on any atom is 0.320 e. The molecule has 1 rings (SSSR count). The SMILES string of the molecule is COC(=O)C(C(=O)OC)[C@H]1C=CCN(C(C)=O)C1. The Morgan fingerprint density at radius 3 is 2.22 bits per heavy atom. The van der Waals surface area contributed by atoms with Crippen molar-refractivity contribution in [3.63, 3.8) is 0 Å². The van der Waals surface area contributed by atoms with E-state index < -0.39 is 23.8 Å². The highest BCUT2D eigenvalue weighted by atomic mass is 16.5. The number of carbonyl (C=O) groups excluding carboxylic acids is 3. The van der Waals surface area contributed by atoms with Crippen molar-refractivity contribution in [3.05, 3.63) is 12.2 Å². The summed E-state index contributed by atoms with van der Waals surface area (Å²) < 4.78 is 9.21. The van der Waals surface area contributed by atoms with Gasteiger partial charge in [-0.05, 0) is 0 Å². The molecule has 0 aromatic rings. The molecule has 1 amide bonds. The van der Waals surface area contributed by atoms with Crippen LogP contribution in [-0.4, -0.2) is 50.1 Å². The van der Waals surface area contributed by atoms with Crippen molar-refractivity contribution in [1.82, 2.24) is 4.90 Å². The average Bonchev–Trinajstić information content (AvgIpc) is 2.38. The van der Waals surface area contributed by atoms with E-state index in [4.69, 9.17) is 0 Å². The number of methoxy groups -OCH3 is 2. The van der Waals surface area contributed by atoms with Gasteiger partial charge in [-0.1, -0.05) is 12.2 Å². The van der Waals surface area contributed by atoms with E-state index in [1.807, 2.05) is 0 Å². The fraction of sp³-hybridized carbons (Fsp3) is 0.583. The zero-order valence-electron chi connectivity index (χ0n) is 10.7. The largest absolute Gasteiger partial charge is 0.468 e. The first kappa shape index (κ1) is 14.2. The number of nitrogens with zero attached hydrogens (tertiary/aromatic N) is 1. The van der Waals surface area contributed by atoms with E-state index in [0.29, 0.717) is 13.1 Å². The molecule has 1 atom stereocenters. The zero-order chi connectivity index (χ0) is 13.7. The molecule has 0 aliphatic carbocycles. The van der Waals surface area contributed by atoms with Crippen LogP contribution < -0.4 is 0 Å². The fourth-order valence-corrected chi connectivity index (χ4v) is 1.93. The van der Waals surface area contributed by atoms with Gasteiger partial charge in [0.1, 0.15) is 0 Å². The standard InChI is InChI=1S/C12H17NO5/c1-8(14)13-6-4-5-9(7-13)10(11(15)17-2)12(16)18-3/h4-5,9-10H,6-7H2,1-3H3/t9-/m0/s1. The van der Waals surface area contributed by atoms with E-state index in [1.165, 1.54) is 21.1 Å². The lowest BCUT2D eigenvalue weighted by Crippen LogP contribution is -2.43. The van der Waals surface area contributed by atoms with Crippen LogP contribution in [0.2, 0.25) is 0 Å². The fourth-order valence-electron chi connectivity index (χ4n) is 1.93. The molecule has 18 heavy (non-hydrogen) atoms. The zero-order valence-corrected chi connectivity index (χ0v) is 10.7. The Bertz CT molecular complexity index is 361. The van der Waals surface area contributed by atoms with Crippen molar-refractivity contribution in [2.45, 2.75) is 6.92 Å². The van der Waals surface area contributed by atoms with Crippen molar-refractivity contribution >= 4 is 17.8 Å². The van der Waals surface area contributed by atoms with Gasteiger partial charge in [0.25, 0.3) is 0 Å². The summed E-state index contributed by atoms with van der Waals surface area (Å²) in [6.07, 6.45) is 3.51. The van der Waals surface area contributed by atoms with Gasteiger partial charge in [0.05, 0.1) is 14.2 Å². The number of rotatable bonds is 3. The molecule has 0 fully saturated rings. The number of hydrogen-bond donors (Lipinski definition) is 0. The lowest BCUT2D eigenvalue weighted by Gasteiger charge is -2.30. The van der Waals surface area contributed by atoms with Crippen molar-refractivity contribution in [3.8, 4) is 0 Å². The van der Waals surface area contributed by atoms with Crippen molar-refractivity contribution in [2.24, 2.45) is 11.8 Å². The Hall–Kier alpha value is -1.85. The van der Waals surface area contributed by atoms with Crippen LogP contribution in [0.1, 0.15) is 6.92 Å². The summed E-state index contributed by atoms with van der Waals surface area (Å²) in [5.74, 6) is -2.84. The van der Waals surface area contributed by atoms with Gasteiger partial charge < -0.3 is 14.4 Å². The molecular weight excluding hydrogens is 238 g/mol. The first-order chi connectivity index (χ1) is 8.51. The third kappa shape index (κ3) is 3.09. The molecule has 1 heterocycles. The van der Waals surface area contributed by atoms with Gasteiger partial charge in [0.15, 0.2) is 5.92 Å². The Kier molecular flexibility index (Phi) is 4.88. The quantitative estimate of drug-likeness (QED) is 0.402. The summed E-state index contributed by atoms with van der Waals surface area (Å²) >= 11 is 0. The average molecular weight is 255 g/mol. The van der Waals surface area contributed by atoms with Gasteiger partial charge >= 0.3 is 11.9 Å². The summed E-state index contributed by atoms with van der Waals surface area (Å²) in [7, 11) is 2.43. The normalized spacial score (nSPS) is 18.7. The number of hydrogen-bond acceptors (Lipinski definition) is 5. The second-order valence-electron chi connectivity index (χ2n) is 4.04. The van der Waals surface area contributed by atoms with Crippen LogP contribution in [0, 0.1) is 11.8 Å². The Labute approximate surface area is 106 Å². The molecule has 0 saturated heterocycles. The smallest absolute Gasteiger partial charge is 0.320 e. The van der Waals surface area contributed by atoms with Crippen LogP contribution in [0.3, 0.4) is 0 Å². The topological polar surface area (TPSA) is 72.9 Å². The van der Waals surface area contributed by atoms with E-state index in [9.17, 15) is 14.4 Å². The summed E-state index contributed by atoms with van der Waals surface area (Å²) in [4.78, 5) is 36.1. The molecule has 0 unspecified atom stereocenters. The van der Waals surface area contributed by atoms with Crippen LogP contribution in [0.5, 0.6) is 0 Å². The molecule has 0 radical (unpaired) electrons. The van der Waals surface area contributed by atoms with Crippen LogP contribution in [0.15, 0.2) is 12.2 Å². The Balaban J connectivity index is 2.89. The third-order valence-corrected chi connectivity index (χ3v) is 2.92. The minimum absolute atomic E-state index is 0.0992. The van der Waals surface area contributed by atoms with Crippen LogP contribution in [0.25, 0.3) is 0 Å². The van der Waals surface area contributed by atoms with Gasteiger partial charge in [0.2, 0.25) is 5.91 Å². The van der Waals surface area contributed by atoms with Crippen molar-refractivity contribution < 1.29 is 23.9 Å². The molecular formula is C12H17NO5. The monoisotopic (exact) mass is 255 g/mol. The molecule has 6 nitrogen and oxygen atoms in total. The maximum atomic E-state index is 11.6. The highest BCUT2D eigenvalue weighted by Crippen LogP contribution is 2.21. The van der Waals surface area contributed by atoms with Crippen LogP contribution in [0.4, 0.5) is 0 Å². The van der Waals surface area contributed by atoms with E-state index in [2.05, 4.69) is 9.47 Å². The number of ether oxygens (including phenoxy) is 2. The predicted molar refractivity (Wildman–Crippen MR) is 62.4 cm³/mol. The second kappa shape index (κ2) is 6.18. The van der Waals surface area contributed by atoms with Gasteiger partial charge in [-0.25, -0.2) is 0 Å². The summed E-state index contributed by atoms with van der Waals surface area (Å²) in [5.41, 5.74) is 0. The first-order valence-electron chi connectivity index (χ1n) is 5.59. The molecule has 1 aliphatic heterocycles. The van der Waals surface area contributed by atoms with Gasteiger partial charge in [0, 0.05) is 25.9 Å². The highest BCUT2D eigenvalue weighted by molar-refractivity contribution is 5.95. The molecule has 0 aromatic carbocycles.